The van der Waals surface area contributed by atoms with Crippen LogP contribution in [0.15, 0.2) is 18.2 Å². The monoisotopic (exact) mass is 219 g/mol. The average molecular weight is 219 g/mol. The van der Waals surface area contributed by atoms with E-state index >= 15 is 0 Å². The molecular formula is C12H17N3O. The number of amides is 1. The molecule has 1 aliphatic heterocycles. The highest BCUT2D eigenvalue weighted by atomic mass is 16.2. The Labute approximate surface area is 95.4 Å². The molecule has 1 aromatic rings. The number of fused-ring (bicyclic) bond motifs is 1. The van der Waals surface area contributed by atoms with E-state index in [9.17, 15) is 4.79 Å². The van der Waals surface area contributed by atoms with Crippen LogP contribution in [-0.4, -0.2) is 18.5 Å². The van der Waals surface area contributed by atoms with E-state index in [-0.39, 0.29) is 11.9 Å². The normalized spacial score (nSPS) is 19.3. The van der Waals surface area contributed by atoms with E-state index in [2.05, 4.69) is 5.32 Å². The van der Waals surface area contributed by atoms with E-state index in [1.807, 2.05) is 32.0 Å². The minimum atomic E-state index is -0.166. The van der Waals surface area contributed by atoms with Crippen LogP contribution in [0.1, 0.15) is 19.4 Å². The van der Waals surface area contributed by atoms with Gasteiger partial charge in [0.25, 0.3) is 0 Å². The first-order valence-electron chi connectivity index (χ1n) is 5.59. The summed E-state index contributed by atoms with van der Waals surface area (Å²) in [5.41, 5.74) is 8.65. The highest BCUT2D eigenvalue weighted by molar-refractivity contribution is 6.05. The molecule has 0 aliphatic carbocycles. The molecule has 1 aromatic carbocycles. The van der Waals surface area contributed by atoms with E-state index in [0.29, 0.717) is 13.1 Å². The Hall–Kier alpha value is -1.55. The maximum atomic E-state index is 12.0. The number of hydrogen-bond acceptors (Lipinski definition) is 3. The molecule has 4 nitrogen and oxygen atoms in total. The second-order valence-corrected chi connectivity index (χ2v) is 3.97. The molecule has 1 amide bonds. The molecule has 16 heavy (non-hydrogen) atoms. The van der Waals surface area contributed by atoms with Gasteiger partial charge in [-0.25, -0.2) is 0 Å². The van der Waals surface area contributed by atoms with Gasteiger partial charge >= 0.3 is 0 Å². The smallest absolute Gasteiger partial charge is 0.249 e. The van der Waals surface area contributed by atoms with Crippen molar-refractivity contribution in [2.75, 3.05) is 16.8 Å². The van der Waals surface area contributed by atoms with E-state index < -0.39 is 0 Å². The van der Waals surface area contributed by atoms with Crippen LogP contribution in [-0.2, 0) is 11.3 Å². The van der Waals surface area contributed by atoms with E-state index in [1.54, 1.807) is 4.90 Å². The second kappa shape index (κ2) is 4.14. The van der Waals surface area contributed by atoms with Gasteiger partial charge in [0.2, 0.25) is 5.91 Å². The lowest BCUT2D eigenvalue weighted by atomic mass is 10.0. The van der Waals surface area contributed by atoms with Crippen molar-refractivity contribution >= 4 is 17.3 Å². The SMILES string of the molecule is CCN1C(=O)C(C)Nc2cccc(CN)c21. The molecule has 1 heterocycles. The molecule has 2 rings (SSSR count). The predicted molar refractivity (Wildman–Crippen MR) is 65.4 cm³/mol. The van der Waals surface area contributed by atoms with Gasteiger partial charge in [0, 0.05) is 13.1 Å². The van der Waals surface area contributed by atoms with Gasteiger partial charge in [-0.3, -0.25) is 4.79 Å². The maximum Gasteiger partial charge on any atom is 0.249 e. The second-order valence-electron chi connectivity index (χ2n) is 3.97. The number of anilines is 2. The van der Waals surface area contributed by atoms with Crippen molar-refractivity contribution in [1.82, 2.24) is 0 Å². The minimum absolute atomic E-state index is 0.107. The van der Waals surface area contributed by atoms with Crippen LogP contribution in [0, 0.1) is 0 Å². The third-order valence-electron chi connectivity index (χ3n) is 2.93. The van der Waals surface area contributed by atoms with Gasteiger partial charge in [0.1, 0.15) is 6.04 Å². The summed E-state index contributed by atoms with van der Waals surface area (Å²) in [4.78, 5) is 13.8. The Morgan fingerprint density at radius 3 is 2.88 bits per heavy atom. The molecule has 1 aliphatic rings. The Kier molecular flexibility index (Phi) is 2.83. The first-order valence-corrected chi connectivity index (χ1v) is 5.59. The lowest BCUT2D eigenvalue weighted by molar-refractivity contribution is -0.119. The number of benzene rings is 1. The lowest BCUT2D eigenvalue weighted by Gasteiger charge is -2.34. The third kappa shape index (κ3) is 1.55. The van der Waals surface area contributed by atoms with Crippen LogP contribution >= 0.6 is 0 Å². The zero-order valence-electron chi connectivity index (χ0n) is 9.66. The van der Waals surface area contributed by atoms with Gasteiger partial charge in [0.15, 0.2) is 0 Å². The molecule has 0 fully saturated rings. The zero-order chi connectivity index (χ0) is 11.7. The van der Waals surface area contributed by atoms with Crippen LogP contribution in [0.5, 0.6) is 0 Å². The van der Waals surface area contributed by atoms with Gasteiger partial charge in [-0.2, -0.15) is 0 Å². The van der Waals surface area contributed by atoms with Gasteiger partial charge in [-0.15, -0.1) is 0 Å². The van der Waals surface area contributed by atoms with Crippen molar-refractivity contribution < 1.29 is 4.79 Å². The summed E-state index contributed by atoms with van der Waals surface area (Å²) in [5, 5.41) is 3.20. The number of nitrogens with two attached hydrogens (primary N) is 1. The van der Waals surface area contributed by atoms with Crippen molar-refractivity contribution in [2.24, 2.45) is 5.73 Å². The predicted octanol–water partition coefficient (Wildman–Crippen LogP) is 1.31. The van der Waals surface area contributed by atoms with Crippen LogP contribution in [0.2, 0.25) is 0 Å². The van der Waals surface area contributed by atoms with Crippen molar-refractivity contribution in [1.29, 1.82) is 0 Å². The number of carbonyl (C=O) groups excluding carboxylic acids is 1. The fourth-order valence-corrected chi connectivity index (χ4v) is 2.14. The summed E-state index contributed by atoms with van der Waals surface area (Å²) >= 11 is 0. The molecule has 0 spiro atoms. The Morgan fingerprint density at radius 1 is 1.50 bits per heavy atom. The Morgan fingerprint density at radius 2 is 2.25 bits per heavy atom. The molecule has 0 saturated heterocycles. The zero-order valence-corrected chi connectivity index (χ0v) is 9.66. The summed E-state index contributed by atoms with van der Waals surface area (Å²) in [6.07, 6.45) is 0. The standard InChI is InChI=1S/C12H17N3O/c1-3-15-11-9(7-13)5-4-6-10(11)14-8(2)12(15)16/h4-6,8,14H,3,7,13H2,1-2H3. The highest BCUT2D eigenvalue weighted by Crippen LogP contribution is 2.34. The van der Waals surface area contributed by atoms with Crippen molar-refractivity contribution in [3.8, 4) is 0 Å². The number of nitrogens with one attached hydrogen (secondary N) is 1. The summed E-state index contributed by atoms with van der Waals surface area (Å²) in [5.74, 6) is 0.107. The molecule has 0 aromatic heterocycles. The van der Waals surface area contributed by atoms with Gasteiger partial charge in [0.05, 0.1) is 11.4 Å². The lowest BCUT2D eigenvalue weighted by Crippen LogP contribution is -2.46. The summed E-state index contributed by atoms with van der Waals surface area (Å²) in [6.45, 7) is 4.98. The van der Waals surface area contributed by atoms with Gasteiger partial charge < -0.3 is 16.0 Å². The van der Waals surface area contributed by atoms with E-state index in [0.717, 1.165) is 16.9 Å². The number of para-hydroxylation sites is 1. The first-order chi connectivity index (χ1) is 7.69. The van der Waals surface area contributed by atoms with E-state index in [1.165, 1.54) is 0 Å². The minimum Gasteiger partial charge on any atom is -0.372 e. The number of nitrogens with zero attached hydrogens (tertiary/aromatic N) is 1. The Bertz CT molecular complexity index is 417. The van der Waals surface area contributed by atoms with Crippen LogP contribution in [0.3, 0.4) is 0 Å². The number of rotatable bonds is 2. The quantitative estimate of drug-likeness (QED) is 0.788. The highest BCUT2D eigenvalue weighted by Gasteiger charge is 2.29. The van der Waals surface area contributed by atoms with E-state index in [4.69, 9.17) is 5.73 Å². The average Bonchev–Trinajstić information content (AvgIpc) is 2.30. The summed E-state index contributed by atoms with van der Waals surface area (Å²) in [6, 6.07) is 5.75. The van der Waals surface area contributed by atoms with Gasteiger partial charge in [-0.05, 0) is 25.5 Å². The summed E-state index contributed by atoms with van der Waals surface area (Å²) < 4.78 is 0. The fourth-order valence-electron chi connectivity index (χ4n) is 2.14. The van der Waals surface area contributed by atoms with Crippen molar-refractivity contribution in [3.05, 3.63) is 23.8 Å². The maximum absolute atomic E-state index is 12.0. The summed E-state index contributed by atoms with van der Waals surface area (Å²) in [7, 11) is 0. The van der Waals surface area contributed by atoms with Crippen molar-refractivity contribution in [3.63, 3.8) is 0 Å². The topological polar surface area (TPSA) is 58.4 Å². The molecule has 0 bridgehead atoms. The fraction of sp³-hybridized carbons (Fsp3) is 0.417. The molecule has 1 atom stereocenters. The molecule has 4 heteroatoms. The Balaban J connectivity index is 2.56. The van der Waals surface area contributed by atoms with Gasteiger partial charge in [-0.1, -0.05) is 12.1 Å². The molecular weight excluding hydrogens is 202 g/mol. The number of likely N-dealkylation sites (N-methyl/N-ethyl adjacent to an activating group) is 1. The molecule has 3 N–H and O–H groups in total. The molecule has 0 radical (unpaired) electrons. The number of hydrogen-bond donors (Lipinski definition) is 2. The van der Waals surface area contributed by atoms with Crippen molar-refractivity contribution in [2.45, 2.75) is 26.4 Å². The molecule has 1 unspecified atom stereocenters. The molecule has 0 saturated carbocycles. The van der Waals surface area contributed by atoms with Crippen LogP contribution < -0.4 is 16.0 Å². The largest absolute Gasteiger partial charge is 0.372 e. The number of carbonyl (C=O) groups is 1. The van der Waals surface area contributed by atoms with Crippen LogP contribution in [0.4, 0.5) is 11.4 Å². The first kappa shape index (κ1) is 11.0. The third-order valence-corrected chi connectivity index (χ3v) is 2.93. The van der Waals surface area contributed by atoms with Crippen LogP contribution in [0.25, 0.3) is 0 Å². The molecule has 86 valence electrons.